The molecule has 0 atom stereocenters. The SMILES string of the molecule is Cc1cc(-c2[nH]c3cc4c(nc3c2C(C)C)CN(CC(N)=O)CC4)cn2ncnc12. The minimum absolute atomic E-state index is 0.270. The van der Waals surface area contributed by atoms with Gasteiger partial charge in [0, 0.05) is 30.4 Å². The predicted octanol–water partition coefficient (Wildman–Crippen LogP) is 2.55. The summed E-state index contributed by atoms with van der Waals surface area (Å²) >= 11 is 0. The lowest BCUT2D eigenvalue weighted by Crippen LogP contribution is -2.37. The second-order valence-electron chi connectivity index (χ2n) is 8.43. The molecule has 5 rings (SSSR count). The van der Waals surface area contributed by atoms with E-state index in [1.165, 1.54) is 11.1 Å². The third-order valence-electron chi connectivity index (χ3n) is 5.85. The number of nitrogens with two attached hydrogens (primary N) is 1. The number of primary amides is 1. The summed E-state index contributed by atoms with van der Waals surface area (Å²) in [7, 11) is 0. The number of aryl methyl sites for hydroxylation is 1. The molecule has 0 aromatic carbocycles. The van der Waals surface area contributed by atoms with Crippen LogP contribution in [-0.4, -0.2) is 48.5 Å². The molecule has 1 aliphatic heterocycles. The number of aromatic nitrogens is 5. The Hall–Kier alpha value is -3.26. The summed E-state index contributed by atoms with van der Waals surface area (Å²) in [5, 5.41) is 4.32. The number of H-pyrrole nitrogens is 1. The minimum atomic E-state index is -0.301. The van der Waals surface area contributed by atoms with E-state index in [2.05, 4.69) is 52.9 Å². The topological polar surface area (TPSA) is 105 Å². The van der Waals surface area contributed by atoms with Gasteiger partial charge in [-0.15, -0.1) is 0 Å². The Morgan fingerprint density at radius 2 is 2.17 bits per heavy atom. The quantitative estimate of drug-likeness (QED) is 0.545. The molecular weight excluding hydrogens is 378 g/mol. The van der Waals surface area contributed by atoms with Crippen LogP contribution in [0, 0.1) is 6.92 Å². The van der Waals surface area contributed by atoms with Crippen molar-refractivity contribution in [3.63, 3.8) is 0 Å². The Morgan fingerprint density at radius 1 is 1.33 bits per heavy atom. The zero-order valence-corrected chi connectivity index (χ0v) is 17.4. The highest BCUT2D eigenvalue weighted by Crippen LogP contribution is 2.36. The fourth-order valence-electron chi connectivity index (χ4n) is 4.51. The number of carbonyl (C=O) groups is 1. The average Bonchev–Trinajstić information content (AvgIpc) is 3.30. The van der Waals surface area contributed by atoms with Crippen LogP contribution in [0.5, 0.6) is 0 Å². The summed E-state index contributed by atoms with van der Waals surface area (Å²) in [4.78, 5) is 26.4. The van der Waals surface area contributed by atoms with Crippen LogP contribution in [0.1, 0.15) is 42.1 Å². The monoisotopic (exact) mass is 403 g/mol. The molecule has 0 bridgehead atoms. The molecule has 1 aliphatic rings. The number of nitrogens with one attached hydrogen (secondary N) is 1. The lowest BCUT2D eigenvalue weighted by Gasteiger charge is -2.26. The second-order valence-corrected chi connectivity index (χ2v) is 8.43. The van der Waals surface area contributed by atoms with Gasteiger partial charge in [0.05, 0.1) is 29.0 Å². The molecule has 0 aliphatic carbocycles. The van der Waals surface area contributed by atoms with E-state index in [1.807, 2.05) is 10.7 Å². The Kier molecular flexibility index (Phi) is 4.32. The van der Waals surface area contributed by atoms with Gasteiger partial charge >= 0.3 is 0 Å². The van der Waals surface area contributed by atoms with Gasteiger partial charge in [0.2, 0.25) is 5.91 Å². The van der Waals surface area contributed by atoms with Gasteiger partial charge in [0.25, 0.3) is 0 Å². The van der Waals surface area contributed by atoms with E-state index in [0.29, 0.717) is 6.54 Å². The number of rotatable bonds is 4. The molecule has 0 saturated heterocycles. The molecule has 0 radical (unpaired) electrons. The third kappa shape index (κ3) is 3.04. The van der Waals surface area contributed by atoms with E-state index in [0.717, 1.165) is 52.2 Å². The molecule has 5 heterocycles. The number of nitrogens with zero attached hydrogens (tertiary/aromatic N) is 5. The molecule has 1 amide bonds. The number of hydrogen-bond acceptors (Lipinski definition) is 5. The third-order valence-corrected chi connectivity index (χ3v) is 5.85. The van der Waals surface area contributed by atoms with Gasteiger partial charge in [-0.05, 0) is 42.5 Å². The lowest BCUT2D eigenvalue weighted by atomic mass is 9.97. The molecule has 0 saturated carbocycles. The molecule has 0 spiro atoms. The Morgan fingerprint density at radius 3 is 2.93 bits per heavy atom. The van der Waals surface area contributed by atoms with Crippen LogP contribution in [-0.2, 0) is 17.8 Å². The summed E-state index contributed by atoms with van der Waals surface area (Å²) in [6, 6.07) is 4.37. The van der Waals surface area contributed by atoms with Gasteiger partial charge < -0.3 is 10.7 Å². The van der Waals surface area contributed by atoms with Crippen LogP contribution in [0.15, 0.2) is 24.7 Å². The maximum Gasteiger partial charge on any atom is 0.231 e. The molecule has 8 heteroatoms. The van der Waals surface area contributed by atoms with Crippen LogP contribution >= 0.6 is 0 Å². The smallest absolute Gasteiger partial charge is 0.231 e. The van der Waals surface area contributed by atoms with Gasteiger partial charge in [-0.3, -0.25) is 9.69 Å². The van der Waals surface area contributed by atoms with Gasteiger partial charge in [-0.2, -0.15) is 5.10 Å². The molecule has 4 aromatic rings. The summed E-state index contributed by atoms with van der Waals surface area (Å²) in [5.74, 6) is -0.0124. The summed E-state index contributed by atoms with van der Waals surface area (Å²) in [6.07, 6.45) is 4.45. The number of aromatic amines is 1. The zero-order valence-electron chi connectivity index (χ0n) is 17.4. The van der Waals surface area contributed by atoms with Crippen molar-refractivity contribution >= 4 is 22.6 Å². The summed E-state index contributed by atoms with van der Waals surface area (Å²) < 4.78 is 1.82. The molecule has 3 N–H and O–H groups in total. The first-order valence-electron chi connectivity index (χ1n) is 10.3. The summed E-state index contributed by atoms with van der Waals surface area (Å²) in [5.41, 5.74) is 15.0. The zero-order chi connectivity index (χ0) is 21.0. The Bertz CT molecular complexity index is 1280. The van der Waals surface area contributed by atoms with E-state index < -0.39 is 0 Å². The van der Waals surface area contributed by atoms with Gasteiger partial charge in [0.1, 0.15) is 6.33 Å². The van der Waals surface area contributed by atoms with E-state index >= 15 is 0 Å². The number of amides is 1. The Balaban J connectivity index is 1.66. The van der Waals surface area contributed by atoms with Crippen molar-refractivity contribution in [2.45, 2.75) is 39.7 Å². The van der Waals surface area contributed by atoms with Crippen molar-refractivity contribution in [3.8, 4) is 11.3 Å². The van der Waals surface area contributed by atoms with Crippen molar-refractivity contribution < 1.29 is 4.79 Å². The van der Waals surface area contributed by atoms with Crippen molar-refractivity contribution in [2.24, 2.45) is 5.73 Å². The largest absolute Gasteiger partial charge is 0.369 e. The Labute approximate surface area is 174 Å². The molecule has 0 unspecified atom stereocenters. The van der Waals surface area contributed by atoms with E-state index in [9.17, 15) is 4.79 Å². The molecule has 4 aromatic heterocycles. The van der Waals surface area contributed by atoms with E-state index in [4.69, 9.17) is 10.7 Å². The van der Waals surface area contributed by atoms with Crippen molar-refractivity contribution in [1.82, 2.24) is 29.5 Å². The van der Waals surface area contributed by atoms with Gasteiger partial charge in [-0.1, -0.05) is 13.8 Å². The highest BCUT2D eigenvalue weighted by molar-refractivity contribution is 5.89. The average molecular weight is 403 g/mol. The van der Waals surface area contributed by atoms with Crippen molar-refractivity contribution in [2.75, 3.05) is 13.1 Å². The molecule has 8 nitrogen and oxygen atoms in total. The van der Waals surface area contributed by atoms with Gasteiger partial charge in [0.15, 0.2) is 5.65 Å². The first-order chi connectivity index (χ1) is 14.4. The standard InChI is InChI=1S/C22H25N7O/c1-12(2)19-20(15-6-13(3)22-24-11-25-29(22)8-15)26-16-7-14-4-5-28(10-18(23)30)9-17(14)27-21(16)19/h6-8,11-12,26H,4-5,9-10H2,1-3H3,(H2,23,30). The summed E-state index contributed by atoms with van der Waals surface area (Å²) in [6.45, 7) is 8.16. The first kappa shape index (κ1) is 18.7. The fraction of sp³-hybridized carbons (Fsp3) is 0.364. The van der Waals surface area contributed by atoms with Crippen LogP contribution in [0.4, 0.5) is 0 Å². The molecular formula is C22H25N7O. The number of hydrogen-bond donors (Lipinski definition) is 2. The second kappa shape index (κ2) is 6.91. The molecule has 30 heavy (non-hydrogen) atoms. The number of pyridine rings is 2. The fourth-order valence-corrected chi connectivity index (χ4v) is 4.51. The van der Waals surface area contributed by atoms with Crippen LogP contribution in [0.2, 0.25) is 0 Å². The highest BCUT2D eigenvalue weighted by Gasteiger charge is 2.24. The molecule has 0 fully saturated rings. The maximum absolute atomic E-state index is 11.3. The predicted molar refractivity (Wildman–Crippen MR) is 115 cm³/mol. The van der Waals surface area contributed by atoms with E-state index in [-0.39, 0.29) is 18.4 Å². The lowest BCUT2D eigenvalue weighted by molar-refractivity contribution is -0.119. The van der Waals surface area contributed by atoms with Crippen LogP contribution in [0.25, 0.3) is 27.9 Å². The van der Waals surface area contributed by atoms with E-state index in [1.54, 1.807) is 6.33 Å². The molecule has 154 valence electrons. The highest BCUT2D eigenvalue weighted by atomic mass is 16.1. The van der Waals surface area contributed by atoms with Crippen molar-refractivity contribution in [3.05, 3.63) is 47.0 Å². The normalized spacial score (nSPS) is 14.7. The number of carbonyl (C=O) groups excluding carboxylic acids is 1. The van der Waals surface area contributed by atoms with Crippen LogP contribution < -0.4 is 5.73 Å². The van der Waals surface area contributed by atoms with Crippen molar-refractivity contribution in [1.29, 1.82) is 0 Å². The van der Waals surface area contributed by atoms with Crippen LogP contribution in [0.3, 0.4) is 0 Å². The minimum Gasteiger partial charge on any atom is -0.369 e. The number of fused-ring (bicyclic) bond motifs is 3. The maximum atomic E-state index is 11.3. The van der Waals surface area contributed by atoms with Gasteiger partial charge in [-0.25, -0.2) is 14.5 Å². The first-order valence-corrected chi connectivity index (χ1v) is 10.3.